The van der Waals surface area contributed by atoms with E-state index in [1.807, 2.05) is 44.2 Å². The molecule has 0 aliphatic carbocycles. The smallest absolute Gasteiger partial charge is 0.338 e. The molecular weight excluding hydrogens is 392 g/mol. The lowest BCUT2D eigenvalue weighted by Gasteiger charge is -2.20. The highest BCUT2D eigenvalue weighted by atomic mass is 16.5. The number of aryl methyl sites for hydroxylation is 1. The van der Waals surface area contributed by atoms with E-state index in [9.17, 15) is 9.90 Å². The van der Waals surface area contributed by atoms with Gasteiger partial charge in [-0.05, 0) is 55.8 Å². The Morgan fingerprint density at radius 3 is 2.61 bits per heavy atom. The summed E-state index contributed by atoms with van der Waals surface area (Å²) in [6.45, 7) is 4.24. The van der Waals surface area contributed by atoms with Crippen molar-refractivity contribution in [2.24, 2.45) is 0 Å². The van der Waals surface area contributed by atoms with E-state index in [4.69, 9.17) is 9.15 Å². The molecule has 0 saturated heterocycles. The largest absolute Gasteiger partial charge is 0.505 e. The summed E-state index contributed by atoms with van der Waals surface area (Å²) in [6, 6.07) is 17.9. The van der Waals surface area contributed by atoms with Crippen molar-refractivity contribution in [3.63, 3.8) is 0 Å². The van der Waals surface area contributed by atoms with Crippen LogP contribution >= 0.6 is 0 Å². The third-order valence-electron chi connectivity index (χ3n) is 5.01. The summed E-state index contributed by atoms with van der Waals surface area (Å²) in [5.74, 6) is 0.410. The van der Waals surface area contributed by atoms with Gasteiger partial charge in [-0.15, -0.1) is 0 Å². The molecule has 0 amide bonds. The second-order valence-corrected chi connectivity index (χ2v) is 7.33. The van der Waals surface area contributed by atoms with Gasteiger partial charge < -0.3 is 19.6 Å². The quantitative estimate of drug-likeness (QED) is 0.381. The van der Waals surface area contributed by atoms with Crippen LogP contribution in [0.25, 0.3) is 10.9 Å². The maximum Gasteiger partial charge on any atom is 0.338 e. The molecule has 0 saturated carbocycles. The molecular formula is C25H24N2O4. The Morgan fingerprint density at radius 1 is 1.13 bits per heavy atom. The topological polar surface area (TPSA) is 84.6 Å². The van der Waals surface area contributed by atoms with Gasteiger partial charge in [0.1, 0.15) is 23.1 Å². The van der Waals surface area contributed by atoms with Crippen LogP contribution in [0.3, 0.4) is 0 Å². The van der Waals surface area contributed by atoms with E-state index in [1.165, 1.54) is 0 Å². The van der Waals surface area contributed by atoms with Crippen LogP contribution in [-0.4, -0.2) is 22.7 Å². The van der Waals surface area contributed by atoms with E-state index in [0.29, 0.717) is 29.0 Å². The fourth-order valence-corrected chi connectivity index (χ4v) is 3.42. The van der Waals surface area contributed by atoms with Gasteiger partial charge in [0.2, 0.25) is 0 Å². The molecule has 4 rings (SSSR count). The summed E-state index contributed by atoms with van der Waals surface area (Å²) in [5, 5.41) is 15.3. The lowest BCUT2D eigenvalue weighted by atomic mass is 10.00. The van der Waals surface area contributed by atoms with Crippen LogP contribution in [0.2, 0.25) is 0 Å². The maximum absolute atomic E-state index is 12.0. The van der Waals surface area contributed by atoms with Crippen LogP contribution in [0, 0.1) is 6.92 Å². The molecule has 0 aliphatic rings. The predicted octanol–water partition coefficient (Wildman–Crippen LogP) is 5.61. The summed E-state index contributed by atoms with van der Waals surface area (Å²) in [5.41, 5.74) is 3.27. The molecule has 1 unspecified atom stereocenters. The number of aromatic hydroxyl groups is 1. The van der Waals surface area contributed by atoms with Crippen LogP contribution in [0.15, 0.2) is 71.3 Å². The van der Waals surface area contributed by atoms with E-state index in [1.54, 1.807) is 36.6 Å². The van der Waals surface area contributed by atoms with Gasteiger partial charge in [-0.2, -0.15) is 0 Å². The van der Waals surface area contributed by atoms with Gasteiger partial charge in [0, 0.05) is 22.3 Å². The second kappa shape index (κ2) is 8.92. The first-order valence-corrected chi connectivity index (χ1v) is 10.2. The van der Waals surface area contributed by atoms with Crippen molar-refractivity contribution < 1.29 is 19.1 Å². The summed E-state index contributed by atoms with van der Waals surface area (Å²) < 4.78 is 10.8. The zero-order valence-electron chi connectivity index (χ0n) is 17.5. The van der Waals surface area contributed by atoms with E-state index in [-0.39, 0.29) is 11.7 Å². The van der Waals surface area contributed by atoms with Gasteiger partial charge in [0.05, 0.1) is 18.4 Å². The minimum atomic E-state index is -0.445. The number of pyridine rings is 1. The van der Waals surface area contributed by atoms with Gasteiger partial charge in [-0.3, -0.25) is 0 Å². The fraction of sp³-hybridized carbons (Fsp3) is 0.200. The van der Waals surface area contributed by atoms with Crippen LogP contribution in [-0.2, 0) is 4.74 Å². The first kappa shape index (κ1) is 20.5. The van der Waals surface area contributed by atoms with Crippen molar-refractivity contribution in [3.8, 4) is 5.75 Å². The second-order valence-electron chi connectivity index (χ2n) is 7.33. The van der Waals surface area contributed by atoms with Crippen LogP contribution in [0.1, 0.15) is 46.8 Å². The Labute approximate surface area is 180 Å². The molecule has 0 fully saturated rings. The number of aromatic nitrogens is 1. The molecule has 0 radical (unpaired) electrons. The Kier molecular flexibility index (Phi) is 5.89. The monoisotopic (exact) mass is 416 g/mol. The highest BCUT2D eigenvalue weighted by Gasteiger charge is 2.22. The van der Waals surface area contributed by atoms with E-state index in [2.05, 4.69) is 10.3 Å². The molecule has 6 nitrogen and oxygen atoms in total. The molecule has 0 bridgehead atoms. The summed E-state index contributed by atoms with van der Waals surface area (Å²) in [6.07, 6.45) is 2.37. The average Bonchev–Trinajstić information content (AvgIpc) is 3.32. The van der Waals surface area contributed by atoms with Gasteiger partial charge >= 0.3 is 5.97 Å². The number of fused-ring (bicyclic) bond motifs is 1. The minimum Gasteiger partial charge on any atom is -0.505 e. The lowest BCUT2D eigenvalue weighted by molar-refractivity contribution is 0.0505. The Hall–Kier alpha value is -3.80. The molecule has 2 heterocycles. The number of rotatable bonds is 7. The zero-order chi connectivity index (χ0) is 21.8. The molecule has 2 aromatic carbocycles. The number of anilines is 1. The molecule has 2 N–H and O–H groups in total. The Balaban J connectivity index is 1.67. The van der Waals surface area contributed by atoms with Gasteiger partial charge in [-0.1, -0.05) is 25.1 Å². The normalized spacial score (nSPS) is 11.9. The number of benzene rings is 2. The number of nitrogens with zero attached hydrogens (tertiary/aromatic N) is 1. The Bertz CT molecular complexity index is 1180. The van der Waals surface area contributed by atoms with Crippen molar-refractivity contribution in [2.45, 2.75) is 26.3 Å². The van der Waals surface area contributed by atoms with E-state index >= 15 is 0 Å². The fourth-order valence-electron chi connectivity index (χ4n) is 3.42. The molecule has 0 aliphatic heterocycles. The molecule has 0 spiro atoms. The van der Waals surface area contributed by atoms with Crippen LogP contribution in [0.4, 0.5) is 5.69 Å². The molecule has 4 aromatic rings. The van der Waals surface area contributed by atoms with Crippen LogP contribution in [0.5, 0.6) is 5.75 Å². The standard InChI is InChI=1S/C25H24N2O4/c1-3-14-31-25(29)18-8-11-19(12-9-18)27-23(21-5-4-15-30-21)20-13-10-17-7-6-16(2)26-22(17)24(20)28/h4-13,15,23,27-28H,3,14H2,1-2H3. The number of ether oxygens (including phenoxy) is 1. The first-order valence-electron chi connectivity index (χ1n) is 10.2. The maximum atomic E-state index is 12.0. The van der Waals surface area contributed by atoms with Gasteiger partial charge in [0.25, 0.3) is 0 Å². The van der Waals surface area contributed by atoms with Crippen molar-refractivity contribution >= 4 is 22.6 Å². The van der Waals surface area contributed by atoms with E-state index in [0.717, 1.165) is 23.2 Å². The van der Waals surface area contributed by atoms with Crippen molar-refractivity contribution in [1.82, 2.24) is 4.98 Å². The number of esters is 1. The molecule has 1 atom stereocenters. The van der Waals surface area contributed by atoms with Crippen molar-refractivity contribution in [3.05, 3.63) is 89.5 Å². The number of hydrogen-bond donors (Lipinski definition) is 2. The third kappa shape index (κ3) is 4.38. The van der Waals surface area contributed by atoms with Gasteiger partial charge in [0.15, 0.2) is 0 Å². The summed E-state index contributed by atoms with van der Waals surface area (Å²) in [4.78, 5) is 16.5. The lowest BCUT2D eigenvalue weighted by Crippen LogP contribution is -2.12. The SMILES string of the molecule is CCCOC(=O)c1ccc(NC(c2ccco2)c2ccc3ccc(C)nc3c2O)cc1. The average molecular weight is 416 g/mol. The number of carbonyl (C=O) groups excluding carboxylic acids is 1. The zero-order valence-corrected chi connectivity index (χ0v) is 17.5. The number of furan rings is 1. The number of phenolic OH excluding ortho intramolecular Hbond substituents is 1. The molecule has 6 heteroatoms. The molecule has 158 valence electrons. The third-order valence-corrected chi connectivity index (χ3v) is 5.01. The minimum absolute atomic E-state index is 0.106. The molecule has 31 heavy (non-hydrogen) atoms. The number of carbonyl (C=O) groups is 1. The van der Waals surface area contributed by atoms with Gasteiger partial charge in [-0.25, -0.2) is 9.78 Å². The summed E-state index contributed by atoms with van der Waals surface area (Å²) >= 11 is 0. The van der Waals surface area contributed by atoms with Crippen molar-refractivity contribution in [2.75, 3.05) is 11.9 Å². The Morgan fingerprint density at radius 2 is 1.90 bits per heavy atom. The van der Waals surface area contributed by atoms with Crippen LogP contribution < -0.4 is 5.32 Å². The number of hydrogen-bond acceptors (Lipinski definition) is 6. The number of nitrogens with one attached hydrogen (secondary N) is 1. The highest BCUT2D eigenvalue weighted by molar-refractivity contribution is 5.90. The number of phenols is 1. The van der Waals surface area contributed by atoms with E-state index < -0.39 is 6.04 Å². The van der Waals surface area contributed by atoms with Crippen molar-refractivity contribution in [1.29, 1.82) is 0 Å². The molecule has 2 aromatic heterocycles. The summed E-state index contributed by atoms with van der Waals surface area (Å²) in [7, 11) is 0. The first-order chi connectivity index (χ1) is 15.1. The highest BCUT2D eigenvalue weighted by Crippen LogP contribution is 2.36. The predicted molar refractivity (Wildman–Crippen MR) is 119 cm³/mol.